The summed E-state index contributed by atoms with van der Waals surface area (Å²) in [4.78, 5) is 35.0. The zero-order chi connectivity index (χ0) is 23.8. The van der Waals surface area contributed by atoms with Gasteiger partial charge in [-0.25, -0.2) is 4.98 Å². The van der Waals surface area contributed by atoms with Crippen LogP contribution in [-0.2, 0) is 11.3 Å². The summed E-state index contributed by atoms with van der Waals surface area (Å²) in [5.74, 6) is 0.864. The zero-order valence-electron chi connectivity index (χ0n) is 18.9. The van der Waals surface area contributed by atoms with Crippen molar-refractivity contribution in [1.82, 2.24) is 20.0 Å². The molecule has 1 aliphatic rings. The first-order valence-corrected chi connectivity index (χ1v) is 11.1. The van der Waals surface area contributed by atoms with Crippen LogP contribution in [0, 0.1) is 6.92 Å². The van der Waals surface area contributed by atoms with E-state index in [4.69, 9.17) is 10.3 Å². The molecule has 3 heterocycles. The Morgan fingerprint density at radius 3 is 2.85 bits per heavy atom. The number of carbonyl (C=O) groups is 2. The van der Waals surface area contributed by atoms with Gasteiger partial charge in [0, 0.05) is 49.3 Å². The Labute approximate surface area is 196 Å². The second-order valence-electron chi connectivity index (χ2n) is 8.43. The number of aryl methyl sites for hydroxylation is 1. The van der Waals surface area contributed by atoms with Gasteiger partial charge in [0.15, 0.2) is 0 Å². The molecule has 9 nitrogen and oxygen atoms in total. The van der Waals surface area contributed by atoms with Crippen molar-refractivity contribution in [2.75, 3.05) is 18.4 Å². The van der Waals surface area contributed by atoms with Crippen molar-refractivity contribution in [3.8, 4) is 11.4 Å². The highest BCUT2D eigenvalue weighted by atomic mass is 16.5. The van der Waals surface area contributed by atoms with Crippen LogP contribution < -0.4 is 11.1 Å². The molecule has 1 atom stereocenters. The van der Waals surface area contributed by atoms with Crippen molar-refractivity contribution in [2.45, 2.75) is 26.3 Å². The van der Waals surface area contributed by atoms with E-state index in [1.54, 1.807) is 31.0 Å². The maximum atomic E-state index is 12.9. The molecule has 2 aromatic heterocycles. The van der Waals surface area contributed by atoms with Crippen LogP contribution in [0.4, 0.5) is 5.82 Å². The molecule has 34 heavy (non-hydrogen) atoms. The van der Waals surface area contributed by atoms with Crippen molar-refractivity contribution < 1.29 is 14.1 Å². The Balaban J connectivity index is 1.29. The number of carbonyl (C=O) groups excluding carboxylic acids is 2. The minimum absolute atomic E-state index is 0.0454. The SMILES string of the molecule is Cc1nc(-c2ccc3ccnc(NCCN4Cc5ccc(C(C)C(N)=O)cc5C4=O)c3c2)no1. The van der Waals surface area contributed by atoms with E-state index in [2.05, 4.69) is 20.4 Å². The molecule has 1 unspecified atom stereocenters. The maximum absolute atomic E-state index is 12.9. The molecule has 0 aliphatic carbocycles. The van der Waals surface area contributed by atoms with Crippen LogP contribution in [0.15, 0.2) is 53.2 Å². The highest BCUT2D eigenvalue weighted by Gasteiger charge is 2.28. The number of hydrogen-bond acceptors (Lipinski definition) is 7. The number of hydrogen-bond donors (Lipinski definition) is 2. The number of primary amides is 1. The molecule has 0 radical (unpaired) electrons. The molecule has 0 saturated heterocycles. The first-order chi connectivity index (χ1) is 16.4. The summed E-state index contributed by atoms with van der Waals surface area (Å²) in [5, 5.41) is 9.32. The topological polar surface area (TPSA) is 127 Å². The molecule has 3 N–H and O–H groups in total. The number of anilines is 1. The van der Waals surface area contributed by atoms with E-state index in [9.17, 15) is 9.59 Å². The van der Waals surface area contributed by atoms with E-state index in [1.165, 1.54) is 0 Å². The lowest BCUT2D eigenvalue weighted by molar-refractivity contribution is -0.119. The van der Waals surface area contributed by atoms with Gasteiger partial charge in [-0.3, -0.25) is 9.59 Å². The number of amides is 2. The molecule has 5 rings (SSSR count). The summed E-state index contributed by atoms with van der Waals surface area (Å²) in [6.07, 6.45) is 1.75. The van der Waals surface area contributed by atoms with Crippen LogP contribution in [0.1, 0.15) is 40.2 Å². The van der Waals surface area contributed by atoms with Gasteiger partial charge >= 0.3 is 0 Å². The standard InChI is InChI=1S/C25H24N6O3/c1-14(22(26)32)17-4-6-19-13-31(25(33)21(19)11-17)10-9-28-24-20-12-18(23-29-15(2)34-30-23)5-3-16(20)7-8-27-24/h3-8,11-12,14H,9-10,13H2,1-2H3,(H2,26,32)(H,27,28). The highest BCUT2D eigenvalue weighted by molar-refractivity contribution is 5.99. The number of nitrogens with two attached hydrogens (primary N) is 1. The molecule has 172 valence electrons. The Bertz CT molecular complexity index is 1410. The number of nitrogens with one attached hydrogen (secondary N) is 1. The second kappa shape index (κ2) is 8.58. The summed E-state index contributed by atoms with van der Waals surface area (Å²) >= 11 is 0. The van der Waals surface area contributed by atoms with Gasteiger partial charge in [0.25, 0.3) is 5.91 Å². The molecule has 0 spiro atoms. The molecular weight excluding hydrogens is 432 g/mol. The minimum atomic E-state index is -0.437. The molecule has 1 aliphatic heterocycles. The number of rotatable bonds is 7. The summed E-state index contributed by atoms with van der Waals surface area (Å²) in [6, 6.07) is 13.4. The van der Waals surface area contributed by atoms with E-state index in [0.717, 1.165) is 33.3 Å². The van der Waals surface area contributed by atoms with Crippen molar-refractivity contribution in [3.63, 3.8) is 0 Å². The van der Waals surface area contributed by atoms with Gasteiger partial charge in [-0.05, 0) is 41.6 Å². The fraction of sp³-hybridized carbons (Fsp3) is 0.240. The Kier molecular flexibility index (Phi) is 5.45. The normalized spacial score (nSPS) is 13.8. The molecule has 0 saturated carbocycles. The van der Waals surface area contributed by atoms with Crippen LogP contribution >= 0.6 is 0 Å². The highest BCUT2D eigenvalue weighted by Crippen LogP contribution is 2.28. The van der Waals surface area contributed by atoms with Gasteiger partial charge in [-0.2, -0.15) is 4.98 Å². The summed E-state index contributed by atoms with van der Waals surface area (Å²) in [6.45, 7) is 5.07. The fourth-order valence-electron chi connectivity index (χ4n) is 4.17. The summed E-state index contributed by atoms with van der Waals surface area (Å²) in [7, 11) is 0. The van der Waals surface area contributed by atoms with Crippen LogP contribution in [0.5, 0.6) is 0 Å². The van der Waals surface area contributed by atoms with Crippen molar-refractivity contribution in [2.24, 2.45) is 5.73 Å². The van der Waals surface area contributed by atoms with Crippen molar-refractivity contribution >= 4 is 28.4 Å². The quantitative estimate of drug-likeness (QED) is 0.437. The van der Waals surface area contributed by atoms with Gasteiger partial charge in [0.05, 0.1) is 5.92 Å². The lowest BCUT2D eigenvalue weighted by Crippen LogP contribution is -2.29. The number of aromatic nitrogens is 3. The number of pyridine rings is 1. The Morgan fingerprint density at radius 2 is 2.09 bits per heavy atom. The van der Waals surface area contributed by atoms with Gasteiger partial charge in [-0.15, -0.1) is 0 Å². The molecule has 4 aromatic rings. The van der Waals surface area contributed by atoms with E-state index >= 15 is 0 Å². The van der Waals surface area contributed by atoms with Gasteiger partial charge < -0.3 is 20.5 Å². The largest absolute Gasteiger partial charge is 0.369 e. The van der Waals surface area contributed by atoms with Crippen LogP contribution in [0.25, 0.3) is 22.2 Å². The molecule has 9 heteroatoms. The van der Waals surface area contributed by atoms with Gasteiger partial charge in [0.1, 0.15) is 5.82 Å². The number of nitrogens with zero attached hydrogens (tertiary/aromatic N) is 4. The lowest BCUT2D eigenvalue weighted by atomic mass is 9.96. The third kappa shape index (κ3) is 3.96. The Morgan fingerprint density at radius 1 is 1.24 bits per heavy atom. The average molecular weight is 457 g/mol. The number of benzene rings is 2. The average Bonchev–Trinajstić information content (AvgIpc) is 3.41. The van der Waals surface area contributed by atoms with Crippen LogP contribution in [0.2, 0.25) is 0 Å². The van der Waals surface area contributed by atoms with E-state index in [-0.39, 0.29) is 5.91 Å². The summed E-state index contributed by atoms with van der Waals surface area (Å²) in [5.41, 5.74) is 8.60. The summed E-state index contributed by atoms with van der Waals surface area (Å²) < 4.78 is 5.10. The van der Waals surface area contributed by atoms with E-state index in [0.29, 0.717) is 36.9 Å². The molecule has 0 fully saturated rings. The Hall–Kier alpha value is -4.27. The maximum Gasteiger partial charge on any atom is 0.254 e. The fourth-order valence-corrected chi connectivity index (χ4v) is 4.17. The third-order valence-corrected chi connectivity index (χ3v) is 6.17. The van der Waals surface area contributed by atoms with Gasteiger partial charge in [-0.1, -0.05) is 29.4 Å². The molecule has 2 amide bonds. The lowest BCUT2D eigenvalue weighted by Gasteiger charge is -2.17. The molecule has 2 aromatic carbocycles. The van der Waals surface area contributed by atoms with Gasteiger partial charge in [0.2, 0.25) is 17.6 Å². The third-order valence-electron chi connectivity index (χ3n) is 6.17. The van der Waals surface area contributed by atoms with Crippen LogP contribution in [-0.4, -0.2) is 44.9 Å². The van der Waals surface area contributed by atoms with Crippen molar-refractivity contribution in [3.05, 3.63) is 71.2 Å². The van der Waals surface area contributed by atoms with E-state index in [1.807, 2.05) is 36.4 Å². The monoisotopic (exact) mass is 456 g/mol. The van der Waals surface area contributed by atoms with Crippen molar-refractivity contribution in [1.29, 1.82) is 0 Å². The predicted molar refractivity (Wildman–Crippen MR) is 127 cm³/mol. The molecular formula is C25H24N6O3. The van der Waals surface area contributed by atoms with Crippen LogP contribution in [0.3, 0.4) is 0 Å². The molecule has 0 bridgehead atoms. The zero-order valence-corrected chi connectivity index (χ0v) is 18.9. The second-order valence-corrected chi connectivity index (χ2v) is 8.43. The number of fused-ring (bicyclic) bond motifs is 2. The minimum Gasteiger partial charge on any atom is -0.369 e. The van der Waals surface area contributed by atoms with E-state index < -0.39 is 11.8 Å². The smallest absolute Gasteiger partial charge is 0.254 e. The first-order valence-electron chi connectivity index (χ1n) is 11.1. The first kappa shape index (κ1) is 21.6. The predicted octanol–water partition coefficient (Wildman–Crippen LogP) is 3.25.